The van der Waals surface area contributed by atoms with Gasteiger partial charge < -0.3 is 34.6 Å². The molecule has 2 amide bonds. The number of fused-ring (bicyclic) bond motifs is 1. The molecule has 28 heavy (non-hydrogen) atoms. The Kier molecular flexibility index (Phi) is 6.34. The average Bonchev–Trinajstić information content (AvgIpc) is 2.59. The molecule has 0 saturated carbocycles. The Morgan fingerprint density at radius 1 is 1.07 bits per heavy atom. The molecule has 1 aliphatic heterocycles. The van der Waals surface area contributed by atoms with Crippen LogP contribution in [0.2, 0.25) is 0 Å². The van der Waals surface area contributed by atoms with E-state index in [2.05, 4.69) is 44.6 Å². The molecule has 0 fully saturated rings. The van der Waals surface area contributed by atoms with Crippen LogP contribution in [-0.2, 0) is 5.41 Å². The predicted molar refractivity (Wildman–Crippen MR) is 108 cm³/mol. The summed E-state index contributed by atoms with van der Waals surface area (Å²) in [5, 5.41) is 16.2. The number of benzene rings is 2. The molecule has 150 valence electrons. The first kappa shape index (κ1) is 22.1. The van der Waals surface area contributed by atoms with Gasteiger partial charge in [0.25, 0.3) is 5.69 Å². The molecule has 3 rings (SSSR count). The van der Waals surface area contributed by atoms with Gasteiger partial charge in [0, 0.05) is 47.0 Å². The largest absolute Gasteiger partial charge is 1.00 e. The number of nitro groups is 1. The van der Waals surface area contributed by atoms with E-state index in [4.69, 9.17) is 0 Å². The first-order valence-electron chi connectivity index (χ1n) is 8.89. The zero-order valence-corrected chi connectivity index (χ0v) is 18.6. The molecule has 0 bridgehead atoms. The number of quaternary nitrogens is 1. The SMILES string of the molecule is CC1(C)CC[N+](C)(C)c2ccc(NC(=O)Nc3ccc([N+](=O)[O-])cc3)cc21.[I-]. The van der Waals surface area contributed by atoms with E-state index in [1.54, 1.807) is 0 Å². The Balaban J connectivity index is 0.00000280. The maximum atomic E-state index is 12.3. The van der Waals surface area contributed by atoms with E-state index in [0.717, 1.165) is 23.1 Å². The Morgan fingerprint density at radius 2 is 1.64 bits per heavy atom. The summed E-state index contributed by atoms with van der Waals surface area (Å²) in [6.45, 7) is 5.53. The second-order valence-corrected chi connectivity index (χ2v) is 8.16. The van der Waals surface area contributed by atoms with Crippen LogP contribution in [0.4, 0.5) is 27.5 Å². The first-order chi connectivity index (χ1) is 12.6. The van der Waals surface area contributed by atoms with Gasteiger partial charge in [-0.1, -0.05) is 13.8 Å². The van der Waals surface area contributed by atoms with Crippen molar-refractivity contribution < 1.29 is 33.7 Å². The van der Waals surface area contributed by atoms with Crippen molar-refractivity contribution in [1.29, 1.82) is 0 Å². The second-order valence-electron chi connectivity index (χ2n) is 8.16. The summed E-state index contributed by atoms with van der Waals surface area (Å²) in [7, 11) is 4.39. The minimum Gasteiger partial charge on any atom is -1.00 e. The van der Waals surface area contributed by atoms with E-state index in [1.807, 2.05) is 12.1 Å². The van der Waals surface area contributed by atoms with Crippen molar-refractivity contribution >= 4 is 28.8 Å². The molecule has 2 aromatic carbocycles. The van der Waals surface area contributed by atoms with E-state index in [0.29, 0.717) is 5.69 Å². The number of hydrogen-bond donors (Lipinski definition) is 2. The fraction of sp³-hybridized carbons (Fsp3) is 0.350. The number of hydrogen-bond acceptors (Lipinski definition) is 3. The summed E-state index contributed by atoms with van der Waals surface area (Å²) >= 11 is 0. The van der Waals surface area contributed by atoms with E-state index in [-0.39, 0.29) is 41.1 Å². The number of carbonyl (C=O) groups excluding carboxylic acids is 1. The van der Waals surface area contributed by atoms with Crippen molar-refractivity contribution in [3.8, 4) is 0 Å². The number of amides is 2. The number of nitrogens with zero attached hydrogens (tertiary/aromatic N) is 2. The Hall–Kier alpha value is -2.20. The van der Waals surface area contributed by atoms with Gasteiger partial charge in [0.2, 0.25) is 0 Å². The molecule has 0 aromatic heterocycles. The highest BCUT2D eigenvalue weighted by Gasteiger charge is 2.38. The molecule has 2 N–H and O–H groups in total. The summed E-state index contributed by atoms with van der Waals surface area (Å²) in [5.41, 5.74) is 3.77. The highest BCUT2D eigenvalue weighted by molar-refractivity contribution is 6.00. The lowest BCUT2D eigenvalue weighted by Crippen LogP contribution is -3.00. The third kappa shape index (κ3) is 4.61. The highest BCUT2D eigenvalue weighted by Crippen LogP contribution is 2.42. The smallest absolute Gasteiger partial charge is 0.323 e. The molecule has 0 saturated heterocycles. The van der Waals surface area contributed by atoms with Crippen molar-refractivity contribution in [3.63, 3.8) is 0 Å². The van der Waals surface area contributed by atoms with Crippen molar-refractivity contribution in [2.75, 3.05) is 31.3 Å². The van der Waals surface area contributed by atoms with Gasteiger partial charge in [0.1, 0.15) is 5.69 Å². The fourth-order valence-corrected chi connectivity index (χ4v) is 3.46. The Morgan fingerprint density at radius 3 is 2.25 bits per heavy atom. The molecule has 1 heterocycles. The van der Waals surface area contributed by atoms with Gasteiger partial charge in [-0.05, 0) is 24.3 Å². The van der Waals surface area contributed by atoms with Gasteiger partial charge >= 0.3 is 6.03 Å². The van der Waals surface area contributed by atoms with Crippen LogP contribution in [0.5, 0.6) is 0 Å². The molecule has 0 spiro atoms. The quantitative estimate of drug-likeness (QED) is 0.293. The van der Waals surface area contributed by atoms with Crippen LogP contribution in [-0.4, -0.2) is 31.6 Å². The van der Waals surface area contributed by atoms with Crippen molar-refractivity contribution in [2.45, 2.75) is 25.7 Å². The van der Waals surface area contributed by atoms with Crippen LogP contribution in [0.1, 0.15) is 25.8 Å². The second kappa shape index (κ2) is 8.04. The Bertz CT molecular complexity index is 895. The van der Waals surface area contributed by atoms with Crippen LogP contribution in [0.3, 0.4) is 0 Å². The lowest BCUT2D eigenvalue weighted by molar-refractivity contribution is -0.384. The monoisotopic (exact) mass is 496 g/mol. The minimum atomic E-state index is -0.473. The highest BCUT2D eigenvalue weighted by atomic mass is 127. The topological polar surface area (TPSA) is 84.3 Å². The maximum absolute atomic E-state index is 12.3. The zero-order chi connectivity index (χ0) is 19.8. The molecule has 7 nitrogen and oxygen atoms in total. The molecular formula is C20H25IN4O3. The van der Waals surface area contributed by atoms with Gasteiger partial charge in [-0.2, -0.15) is 0 Å². The van der Waals surface area contributed by atoms with Gasteiger partial charge in [0.15, 0.2) is 0 Å². The molecule has 0 aliphatic carbocycles. The van der Waals surface area contributed by atoms with Gasteiger partial charge in [-0.25, -0.2) is 4.79 Å². The number of halogens is 1. The summed E-state index contributed by atoms with van der Waals surface area (Å²) < 4.78 is 0.827. The summed E-state index contributed by atoms with van der Waals surface area (Å²) in [6.07, 6.45) is 1.07. The van der Waals surface area contributed by atoms with E-state index < -0.39 is 4.92 Å². The normalized spacial score (nSPS) is 16.3. The molecule has 2 aromatic rings. The fourth-order valence-electron chi connectivity index (χ4n) is 3.46. The standard InChI is InChI=1S/C20H24N4O3.HI/c1-20(2)11-12-24(3,4)18-10-7-15(13-17(18)20)22-19(25)21-14-5-8-16(9-6-14)23(26)27;/h5-10,13H,11-12H2,1-4H3,(H-,21,22,25);1H. The summed E-state index contributed by atoms with van der Waals surface area (Å²) in [6, 6.07) is 11.4. The molecule has 8 heteroatoms. The number of anilines is 2. The van der Waals surface area contributed by atoms with E-state index in [1.165, 1.54) is 35.5 Å². The third-order valence-electron chi connectivity index (χ3n) is 5.27. The van der Waals surface area contributed by atoms with Crippen molar-refractivity contribution in [3.05, 3.63) is 58.1 Å². The number of nitrogens with one attached hydrogen (secondary N) is 2. The molecule has 1 aliphatic rings. The van der Waals surface area contributed by atoms with Gasteiger partial charge in [-0.3, -0.25) is 14.6 Å². The van der Waals surface area contributed by atoms with E-state index in [9.17, 15) is 14.9 Å². The van der Waals surface area contributed by atoms with Crippen molar-refractivity contribution in [1.82, 2.24) is 4.48 Å². The number of non-ortho nitro benzene ring substituents is 1. The summed E-state index contributed by atoms with van der Waals surface area (Å²) in [5.74, 6) is 0. The maximum Gasteiger partial charge on any atom is 0.323 e. The molecular weight excluding hydrogens is 471 g/mol. The van der Waals surface area contributed by atoms with E-state index >= 15 is 0 Å². The van der Waals surface area contributed by atoms with Crippen LogP contribution in [0.25, 0.3) is 0 Å². The first-order valence-corrected chi connectivity index (χ1v) is 8.89. The van der Waals surface area contributed by atoms with Crippen LogP contribution >= 0.6 is 0 Å². The predicted octanol–water partition coefficient (Wildman–Crippen LogP) is 1.49. The van der Waals surface area contributed by atoms with Crippen LogP contribution < -0.4 is 39.1 Å². The van der Waals surface area contributed by atoms with Gasteiger partial charge in [0.05, 0.1) is 25.6 Å². The lowest BCUT2D eigenvalue weighted by atomic mass is 9.77. The zero-order valence-electron chi connectivity index (χ0n) is 16.5. The Labute approximate surface area is 181 Å². The van der Waals surface area contributed by atoms with Crippen molar-refractivity contribution in [2.24, 2.45) is 0 Å². The number of nitro benzene ring substituents is 1. The van der Waals surface area contributed by atoms with Crippen LogP contribution in [0, 0.1) is 10.1 Å². The number of rotatable bonds is 3. The molecule has 0 unspecified atom stereocenters. The molecule has 0 atom stereocenters. The molecule has 0 radical (unpaired) electrons. The van der Waals surface area contributed by atoms with Gasteiger partial charge in [-0.15, -0.1) is 0 Å². The number of carbonyl (C=O) groups is 1. The number of urea groups is 1. The minimum absolute atomic E-state index is 0. The average molecular weight is 496 g/mol. The summed E-state index contributed by atoms with van der Waals surface area (Å²) in [4.78, 5) is 22.5. The van der Waals surface area contributed by atoms with Crippen LogP contribution in [0.15, 0.2) is 42.5 Å². The lowest BCUT2D eigenvalue weighted by Gasteiger charge is -2.42. The third-order valence-corrected chi connectivity index (χ3v) is 5.27.